The molecule has 1 aliphatic heterocycles. The second kappa shape index (κ2) is 6.13. The number of nitrogens with zero attached hydrogens (tertiary/aromatic N) is 1. The Morgan fingerprint density at radius 1 is 1.17 bits per heavy atom. The molecule has 0 saturated heterocycles. The van der Waals surface area contributed by atoms with Crippen molar-refractivity contribution in [2.75, 3.05) is 0 Å². The molecule has 2 aromatic carbocycles. The first kappa shape index (κ1) is 15.0. The summed E-state index contributed by atoms with van der Waals surface area (Å²) in [5.41, 5.74) is 2.62. The SMILES string of the molecule is CC1CC(O)c2cc(OCc3ccc4ccccc4n3)ccc2O1. The molecule has 2 heterocycles. The first-order valence-corrected chi connectivity index (χ1v) is 8.15. The molecule has 4 heteroatoms. The lowest BCUT2D eigenvalue weighted by molar-refractivity contribution is 0.0745. The van der Waals surface area contributed by atoms with Crippen LogP contribution >= 0.6 is 0 Å². The predicted octanol–water partition coefficient (Wildman–Crippen LogP) is 4.02. The number of aliphatic hydroxyl groups is 1. The van der Waals surface area contributed by atoms with Gasteiger partial charge in [0.05, 0.1) is 23.4 Å². The smallest absolute Gasteiger partial charge is 0.130 e. The van der Waals surface area contributed by atoms with Crippen LogP contribution in [0.15, 0.2) is 54.6 Å². The van der Waals surface area contributed by atoms with Crippen LogP contribution in [0.2, 0.25) is 0 Å². The van der Waals surface area contributed by atoms with Crippen LogP contribution in [0.25, 0.3) is 10.9 Å². The summed E-state index contributed by atoms with van der Waals surface area (Å²) in [5, 5.41) is 11.3. The molecular formula is C20H19NO3. The van der Waals surface area contributed by atoms with Gasteiger partial charge in [0.1, 0.15) is 18.1 Å². The van der Waals surface area contributed by atoms with Gasteiger partial charge in [-0.25, -0.2) is 4.98 Å². The molecular weight excluding hydrogens is 302 g/mol. The van der Waals surface area contributed by atoms with Gasteiger partial charge in [0, 0.05) is 17.4 Å². The van der Waals surface area contributed by atoms with E-state index in [0.29, 0.717) is 18.8 Å². The van der Waals surface area contributed by atoms with E-state index in [1.54, 1.807) is 0 Å². The molecule has 0 spiro atoms. The molecule has 2 unspecified atom stereocenters. The number of benzene rings is 2. The molecule has 3 aromatic rings. The molecule has 0 aliphatic carbocycles. The van der Waals surface area contributed by atoms with Crippen molar-refractivity contribution in [3.8, 4) is 11.5 Å². The van der Waals surface area contributed by atoms with Crippen molar-refractivity contribution in [1.82, 2.24) is 4.98 Å². The highest BCUT2D eigenvalue weighted by Crippen LogP contribution is 2.37. The highest BCUT2D eigenvalue weighted by molar-refractivity contribution is 5.78. The van der Waals surface area contributed by atoms with Gasteiger partial charge in [0.2, 0.25) is 0 Å². The van der Waals surface area contributed by atoms with E-state index >= 15 is 0 Å². The van der Waals surface area contributed by atoms with Gasteiger partial charge in [-0.05, 0) is 37.3 Å². The van der Waals surface area contributed by atoms with Gasteiger partial charge in [0.25, 0.3) is 0 Å². The number of rotatable bonds is 3. The van der Waals surface area contributed by atoms with Crippen LogP contribution in [0.5, 0.6) is 11.5 Å². The van der Waals surface area contributed by atoms with Gasteiger partial charge in [-0.15, -0.1) is 0 Å². The maximum Gasteiger partial charge on any atom is 0.130 e. The quantitative estimate of drug-likeness (QED) is 0.791. The van der Waals surface area contributed by atoms with Crippen molar-refractivity contribution in [3.05, 3.63) is 65.9 Å². The number of para-hydroxylation sites is 1. The standard InChI is InChI=1S/C20H19NO3/c1-13-10-19(22)17-11-16(8-9-20(17)24-13)23-12-15-7-6-14-4-2-3-5-18(14)21-15/h2-9,11,13,19,22H,10,12H2,1H3. The lowest BCUT2D eigenvalue weighted by Gasteiger charge is -2.27. The van der Waals surface area contributed by atoms with E-state index in [1.807, 2.05) is 61.5 Å². The number of hydrogen-bond acceptors (Lipinski definition) is 4. The Labute approximate surface area is 140 Å². The Bertz CT molecular complexity index is 878. The van der Waals surface area contributed by atoms with Crippen molar-refractivity contribution in [1.29, 1.82) is 0 Å². The van der Waals surface area contributed by atoms with Crippen LogP contribution < -0.4 is 9.47 Å². The number of aliphatic hydroxyl groups excluding tert-OH is 1. The highest BCUT2D eigenvalue weighted by atomic mass is 16.5. The Morgan fingerprint density at radius 3 is 2.96 bits per heavy atom. The average Bonchev–Trinajstić information content (AvgIpc) is 2.60. The Hall–Kier alpha value is -2.59. The molecule has 122 valence electrons. The third-order valence-electron chi connectivity index (χ3n) is 4.27. The lowest BCUT2D eigenvalue weighted by Crippen LogP contribution is -2.22. The fourth-order valence-electron chi connectivity index (χ4n) is 3.04. The maximum atomic E-state index is 10.2. The molecule has 0 saturated carbocycles. The van der Waals surface area contributed by atoms with Crippen LogP contribution in [0.1, 0.15) is 30.7 Å². The molecule has 1 aliphatic rings. The van der Waals surface area contributed by atoms with Crippen LogP contribution in [-0.4, -0.2) is 16.2 Å². The maximum absolute atomic E-state index is 10.2. The minimum Gasteiger partial charge on any atom is -0.490 e. The number of aromatic nitrogens is 1. The zero-order valence-electron chi connectivity index (χ0n) is 13.5. The van der Waals surface area contributed by atoms with E-state index in [0.717, 1.165) is 27.9 Å². The van der Waals surface area contributed by atoms with Crippen molar-refractivity contribution < 1.29 is 14.6 Å². The zero-order chi connectivity index (χ0) is 16.5. The fourth-order valence-corrected chi connectivity index (χ4v) is 3.04. The lowest BCUT2D eigenvalue weighted by atomic mass is 9.99. The normalized spacial score (nSPS) is 19.6. The van der Waals surface area contributed by atoms with E-state index < -0.39 is 6.10 Å². The van der Waals surface area contributed by atoms with Crippen LogP contribution in [0.4, 0.5) is 0 Å². The number of pyridine rings is 1. The summed E-state index contributed by atoms with van der Waals surface area (Å²) in [6, 6.07) is 17.6. The summed E-state index contributed by atoms with van der Waals surface area (Å²) in [6.07, 6.45) is 0.120. The van der Waals surface area contributed by atoms with E-state index in [9.17, 15) is 5.11 Å². The molecule has 4 nitrogen and oxygen atoms in total. The topological polar surface area (TPSA) is 51.6 Å². The molecule has 0 radical (unpaired) electrons. The fraction of sp³-hybridized carbons (Fsp3) is 0.250. The Kier molecular flexibility index (Phi) is 3.82. The first-order valence-electron chi connectivity index (χ1n) is 8.15. The number of hydrogen-bond donors (Lipinski definition) is 1. The number of fused-ring (bicyclic) bond motifs is 2. The van der Waals surface area contributed by atoms with Crippen molar-refractivity contribution in [2.45, 2.75) is 32.2 Å². The van der Waals surface area contributed by atoms with Gasteiger partial charge < -0.3 is 14.6 Å². The first-order chi connectivity index (χ1) is 11.7. The minimum atomic E-state index is -0.508. The molecule has 1 aromatic heterocycles. The minimum absolute atomic E-state index is 0.0288. The van der Waals surface area contributed by atoms with Gasteiger partial charge >= 0.3 is 0 Å². The number of ether oxygens (including phenoxy) is 2. The predicted molar refractivity (Wildman–Crippen MR) is 92.2 cm³/mol. The van der Waals surface area contributed by atoms with Crippen molar-refractivity contribution in [2.24, 2.45) is 0 Å². The average molecular weight is 321 g/mol. The highest BCUT2D eigenvalue weighted by Gasteiger charge is 2.24. The van der Waals surface area contributed by atoms with Gasteiger partial charge in [-0.2, -0.15) is 0 Å². The third kappa shape index (κ3) is 2.93. The summed E-state index contributed by atoms with van der Waals surface area (Å²) in [5.74, 6) is 1.44. The zero-order valence-corrected chi connectivity index (χ0v) is 13.5. The van der Waals surface area contributed by atoms with E-state index in [2.05, 4.69) is 4.98 Å². The molecule has 0 fully saturated rings. The van der Waals surface area contributed by atoms with E-state index in [4.69, 9.17) is 9.47 Å². The van der Waals surface area contributed by atoms with Gasteiger partial charge in [0.15, 0.2) is 0 Å². The van der Waals surface area contributed by atoms with Crippen LogP contribution in [0.3, 0.4) is 0 Å². The largest absolute Gasteiger partial charge is 0.490 e. The van der Waals surface area contributed by atoms with Crippen LogP contribution in [-0.2, 0) is 6.61 Å². The Balaban J connectivity index is 1.52. The van der Waals surface area contributed by atoms with Gasteiger partial charge in [-0.1, -0.05) is 24.3 Å². The molecule has 0 bridgehead atoms. The summed E-state index contributed by atoms with van der Waals surface area (Å²) in [4.78, 5) is 4.60. The summed E-state index contributed by atoms with van der Waals surface area (Å²) in [7, 11) is 0. The summed E-state index contributed by atoms with van der Waals surface area (Å²) < 4.78 is 11.6. The van der Waals surface area contributed by atoms with E-state index in [1.165, 1.54) is 0 Å². The third-order valence-corrected chi connectivity index (χ3v) is 4.27. The monoisotopic (exact) mass is 321 g/mol. The van der Waals surface area contributed by atoms with Crippen LogP contribution in [0, 0.1) is 0 Å². The van der Waals surface area contributed by atoms with E-state index in [-0.39, 0.29) is 6.10 Å². The molecule has 24 heavy (non-hydrogen) atoms. The Morgan fingerprint density at radius 2 is 2.04 bits per heavy atom. The molecule has 4 rings (SSSR count). The second-order valence-electron chi connectivity index (χ2n) is 6.16. The second-order valence-corrected chi connectivity index (χ2v) is 6.16. The summed E-state index contributed by atoms with van der Waals surface area (Å²) >= 11 is 0. The molecule has 1 N–H and O–H groups in total. The summed E-state index contributed by atoms with van der Waals surface area (Å²) in [6.45, 7) is 2.35. The van der Waals surface area contributed by atoms with Gasteiger partial charge in [-0.3, -0.25) is 0 Å². The molecule has 0 amide bonds. The van der Waals surface area contributed by atoms with Crippen molar-refractivity contribution in [3.63, 3.8) is 0 Å². The molecule has 2 atom stereocenters. The van der Waals surface area contributed by atoms with Crippen molar-refractivity contribution >= 4 is 10.9 Å².